The number of amides is 1. The first-order valence-corrected chi connectivity index (χ1v) is 17.6. The van der Waals surface area contributed by atoms with Crippen molar-refractivity contribution in [2.45, 2.75) is 164 Å². The van der Waals surface area contributed by atoms with Gasteiger partial charge in [-0.15, -0.1) is 0 Å². The fraction of sp³-hybridized carbons (Fsp3) is 0.853. The SMILES string of the molecule is CCCCCCC/C=C/CC/C=C/C(O)C(COC1OC(CO)C(OC2OC(CO)C(O)C(O)C2O)C(O)C1O)NC(=O)CCCCC. The van der Waals surface area contributed by atoms with Gasteiger partial charge in [0.2, 0.25) is 5.91 Å². The van der Waals surface area contributed by atoms with E-state index < -0.39 is 86.8 Å². The van der Waals surface area contributed by atoms with Crippen molar-refractivity contribution in [1.29, 1.82) is 0 Å². The van der Waals surface area contributed by atoms with Crippen LogP contribution in [-0.2, 0) is 23.7 Å². The van der Waals surface area contributed by atoms with Gasteiger partial charge >= 0.3 is 0 Å². The average Bonchev–Trinajstić information content (AvgIpc) is 3.08. The number of carbonyl (C=O) groups is 1. The molecule has 2 aliphatic heterocycles. The van der Waals surface area contributed by atoms with Crippen LogP contribution in [0.5, 0.6) is 0 Å². The van der Waals surface area contributed by atoms with E-state index in [0.717, 1.165) is 25.7 Å². The summed E-state index contributed by atoms with van der Waals surface area (Å²) in [7, 11) is 0. The molecule has 1 amide bonds. The number of rotatable bonds is 23. The maximum absolute atomic E-state index is 12.6. The van der Waals surface area contributed by atoms with E-state index in [9.17, 15) is 45.6 Å². The van der Waals surface area contributed by atoms with Crippen LogP contribution in [0.4, 0.5) is 0 Å². The average molecular weight is 692 g/mol. The van der Waals surface area contributed by atoms with Crippen LogP contribution in [0.15, 0.2) is 24.3 Å². The second-order valence-corrected chi connectivity index (χ2v) is 12.6. The molecule has 2 fully saturated rings. The van der Waals surface area contributed by atoms with E-state index in [1.807, 2.05) is 13.0 Å². The molecule has 14 nitrogen and oxygen atoms in total. The number of hydrogen-bond donors (Lipinski definition) is 9. The summed E-state index contributed by atoms with van der Waals surface area (Å²) < 4.78 is 22.3. The van der Waals surface area contributed by atoms with E-state index in [2.05, 4.69) is 24.4 Å². The van der Waals surface area contributed by atoms with Crippen LogP contribution in [0.3, 0.4) is 0 Å². The van der Waals surface area contributed by atoms with Crippen molar-refractivity contribution in [3.63, 3.8) is 0 Å². The number of allylic oxidation sites excluding steroid dienone is 3. The molecule has 2 aliphatic rings. The van der Waals surface area contributed by atoms with E-state index in [1.165, 1.54) is 32.1 Å². The highest BCUT2D eigenvalue weighted by atomic mass is 16.7. The van der Waals surface area contributed by atoms with E-state index in [-0.39, 0.29) is 18.9 Å². The van der Waals surface area contributed by atoms with E-state index in [4.69, 9.17) is 18.9 Å². The highest BCUT2D eigenvalue weighted by Gasteiger charge is 2.50. The summed E-state index contributed by atoms with van der Waals surface area (Å²) in [6.07, 6.45) is 2.12. The molecule has 0 aromatic rings. The summed E-state index contributed by atoms with van der Waals surface area (Å²) in [4.78, 5) is 12.6. The van der Waals surface area contributed by atoms with Crippen molar-refractivity contribution < 1.29 is 64.6 Å². The normalized spacial score (nSPS) is 32.5. The molecule has 2 rings (SSSR count). The predicted molar refractivity (Wildman–Crippen MR) is 175 cm³/mol. The molecule has 280 valence electrons. The molecular weight excluding hydrogens is 630 g/mol. The minimum Gasteiger partial charge on any atom is -0.394 e. The molecular formula is C34H61NO13. The topological polar surface area (TPSA) is 228 Å². The molecule has 0 radical (unpaired) electrons. The van der Waals surface area contributed by atoms with Crippen LogP contribution in [0, 0.1) is 0 Å². The molecule has 0 aromatic carbocycles. The van der Waals surface area contributed by atoms with Gasteiger partial charge < -0.3 is 65.1 Å². The zero-order valence-electron chi connectivity index (χ0n) is 28.5. The number of carbonyl (C=O) groups excluding carboxylic acids is 1. The van der Waals surface area contributed by atoms with Crippen molar-refractivity contribution in [2.75, 3.05) is 19.8 Å². The third-order valence-corrected chi connectivity index (χ3v) is 8.64. The lowest BCUT2D eigenvalue weighted by molar-refractivity contribution is -0.359. The lowest BCUT2D eigenvalue weighted by atomic mass is 9.97. The Bertz CT molecular complexity index is 919. The molecule has 0 aliphatic carbocycles. The van der Waals surface area contributed by atoms with Crippen molar-refractivity contribution >= 4 is 5.91 Å². The van der Waals surface area contributed by atoms with Gasteiger partial charge in [-0.1, -0.05) is 76.7 Å². The first-order chi connectivity index (χ1) is 23.1. The molecule has 0 saturated carbocycles. The van der Waals surface area contributed by atoms with Crippen LogP contribution >= 0.6 is 0 Å². The Morgan fingerprint density at radius 1 is 0.729 bits per heavy atom. The Hall–Kier alpha value is -1.53. The molecule has 0 aromatic heterocycles. The zero-order chi connectivity index (χ0) is 35.5. The lowest BCUT2D eigenvalue weighted by Crippen LogP contribution is -2.65. The predicted octanol–water partition coefficient (Wildman–Crippen LogP) is 0.306. The molecule has 9 N–H and O–H groups in total. The van der Waals surface area contributed by atoms with Gasteiger partial charge in [0.05, 0.1) is 32.0 Å². The molecule has 12 atom stereocenters. The second-order valence-electron chi connectivity index (χ2n) is 12.6. The van der Waals surface area contributed by atoms with Crippen LogP contribution in [0.2, 0.25) is 0 Å². The number of nitrogens with one attached hydrogen (secondary N) is 1. The minimum atomic E-state index is -1.78. The summed E-state index contributed by atoms with van der Waals surface area (Å²) in [6, 6.07) is -0.919. The van der Waals surface area contributed by atoms with Gasteiger partial charge in [-0.2, -0.15) is 0 Å². The first-order valence-electron chi connectivity index (χ1n) is 17.6. The molecule has 2 saturated heterocycles. The highest BCUT2D eigenvalue weighted by Crippen LogP contribution is 2.29. The van der Waals surface area contributed by atoms with E-state index >= 15 is 0 Å². The molecule has 14 heteroatoms. The number of aliphatic hydroxyl groups excluding tert-OH is 8. The Morgan fingerprint density at radius 2 is 1.33 bits per heavy atom. The maximum Gasteiger partial charge on any atom is 0.220 e. The van der Waals surface area contributed by atoms with Crippen LogP contribution in [0.25, 0.3) is 0 Å². The quantitative estimate of drug-likeness (QED) is 0.0520. The summed E-state index contributed by atoms with van der Waals surface area (Å²) in [5.74, 6) is -0.280. The van der Waals surface area contributed by atoms with Crippen molar-refractivity contribution in [1.82, 2.24) is 5.32 Å². The van der Waals surface area contributed by atoms with Crippen LogP contribution < -0.4 is 5.32 Å². The van der Waals surface area contributed by atoms with Gasteiger partial charge in [0.15, 0.2) is 12.6 Å². The minimum absolute atomic E-state index is 0.259. The zero-order valence-corrected chi connectivity index (χ0v) is 28.5. The smallest absolute Gasteiger partial charge is 0.220 e. The number of ether oxygens (including phenoxy) is 4. The van der Waals surface area contributed by atoms with Gasteiger partial charge in [-0.25, -0.2) is 0 Å². The van der Waals surface area contributed by atoms with Crippen LogP contribution in [0.1, 0.15) is 90.9 Å². The monoisotopic (exact) mass is 691 g/mol. The van der Waals surface area contributed by atoms with Gasteiger partial charge in [-0.05, 0) is 32.1 Å². The number of hydrogen-bond acceptors (Lipinski definition) is 13. The first kappa shape index (κ1) is 42.6. The lowest BCUT2D eigenvalue weighted by Gasteiger charge is -2.46. The third kappa shape index (κ3) is 14.0. The van der Waals surface area contributed by atoms with Gasteiger partial charge in [-0.3, -0.25) is 4.79 Å². The summed E-state index contributed by atoms with van der Waals surface area (Å²) in [6.45, 7) is 2.48. The number of aliphatic hydroxyl groups is 8. The van der Waals surface area contributed by atoms with Gasteiger partial charge in [0, 0.05) is 6.42 Å². The van der Waals surface area contributed by atoms with Crippen molar-refractivity contribution in [3.8, 4) is 0 Å². The standard InChI is InChI=1S/C34H61NO13/c1-3-5-7-8-9-10-11-12-13-14-16-17-23(38)22(35-26(39)18-15-6-4-2)21-45-33-31(44)29(42)32(25(20-37)47-33)48-34-30(43)28(41)27(40)24(19-36)46-34/h11-12,16-17,22-25,27-34,36-38,40-44H,3-10,13-15,18-21H2,1-2H3,(H,35,39)/b12-11+,17-16+. The molecule has 2 heterocycles. The van der Waals surface area contributed by atoms with E-state index in [1.54, 1.807) is 6.08 Å². The Morgan fingerprint density at radius 3 is 2.02 bits per heavy atom. The Kier molecular flexibility index (Phi) is 21.1. The van der Waals surface area contributed by atoms with Crippen LogP contribution in [-0.4, -0.2) is 140 Å². The van der Waals surface area contributed by atoms with E-state index in [0.29, 0.717) is 12.8 Å². The third-order valence-electron chi connectivity index (χ3n) is 8.64. The Balaban J connectivity index is 1.99. The molecule has 12 unspecified atom stereocenters. The van der Waals surface area contributed by atoms with Crippen molar-refractivity contribution in [2.24, 2.45) is 0 Å². The fourth-order valence-corrected chi connectivity index (χ4v) is 5.60. The maximum atomic E-state index is 12.6. The summed E-state index contributed by atoms with van der Waals surface area (Å²) in [5, 5.41) is 85.3. The fourth-order valence-electron chi connectivity index (χ4n) is 5.60. The van der Waals surface area contributed by atoms with Gasteiger partial charge in [0.1, 0.15) is 48.8 Å². The second kappa shape index (κ2) is 23.8. The highest BCUT2D eigenvalue weighted by molar-refractivity contribution is 5.76. The Labute approximate surface area is 284 Å². The largest absolute Gasteiger partial charge is 0.394 e. The van der Waals surface area contributed by atoms with Crippen molar-refractivity contribution in [3.05, 3.63) is 24.3 Å². The number of unbranched alkanes of at least 4 members (excludes halogenated alkanes) is 8. The molecule has 0 bridgehead atoms. The summed E-state index contributed by atoms with van der Waals surface area (Å²) in [5.41, 5.74) is 0. The molecule has 0 spiro atoms. The van der Waals surface area contributed by atoms with Gasteiger partial charge in [0.25, 0.3) is 0 Å². The summed E-state index contributed by atoms with van der Waals surface area (Å²) >= 11 is 0. The molecule has 48 heavy (non-hydrogen) atoms.